The van der Waals surface area contributed by atoms with Crippen LogP contribution < -0.4 is 5.32 Å². The van der Waals surface area contributed by atoms with Gasteiger partial charge in [-0.2, -0.15) is 8.42 Å². The molecule has 3 aliphatic rings. The monoisotopic (exact) mass is 452 g/mol. The summed E-state index contributed by atoms with van der Waals surface area (Å²) in [7, 11) is -3.71. The number of hydrogen-bond donors (Lipinski definition) is 1. The molecule has 168 valence electrons. The first-order chi connectivity index (χ1) is 15.5. The number of nitrogens with zero attached hydrogens (tertiary/aromatic N) is 3. The van der Waals surface area contributed by atoms with E-state index in [2.05, 4.69) is 26.7 Å². The summed E-state index contributed by atoms with van der Waals surface area (Å²) >= 11 is 0. The van der Waals surface area contributed by atoms with Crippen LogP contribution in [0.1, 0.15) is 42.9 Å². The number of amidine groups is 1. The van der Waals surface area contributed by atoms with Crippen molar-refractivity contribution in [2.75, 3.05) is 26.2 Å². The van der Waals surface area contributed by atoms with Gasteiger partial charge in [0.25, 0.3) is 10.0 Å². The minimum Gasteiger partial charge on any atom is -0.352 e. The van der Waals surface area contributed by atoms with E-state index in [4.69, 9.17) is 0 Å². The Balaban J connectivity index is 1.33. The van der Waals surface area contributed by atoms with Gasteiger partial charge in [-0.15, -0.1) is 4.40 Å². The first kappa shape index (κ1) is 21.2. The molecule has 2 fully saturated rings. The first-order valence-corrected chi connectivity index (χ1v) is 12.8. The highest BCUT2D eigenvalue weighted by molar-refractivity contribution is 7.90. The van der Waals surface area contributed by atoms with Crippen molar-refractivity contribution < 1.29 is 13.2 Å². The van der Waals surface area contributed by atoms with Gasteiger partial charge in [-0.05, 0) is 56.5 Å². The lowest BCUT2D eigenvalue weighted by Crippen LogP contribution is -2.48. The van der Waals surface area contributed by atoms with Gasteiger partial charge in [-0.1, -0.05) is 42.5 Å². The van der Waals surface area contributed by atoms with E-state index in [0.29, 0.717) is 30.9 Å². The standard InChI is InChI=1S/C24H28N4O3S/c29-24(25-17-21(27-14-6-7-15-27)18-9-2-1-3-10-18)20-12-8-16-28(20)23-19-11-4-5-13-22(19)32(30,31)26-23/h1-5,9-11,13,20-21H,6-8,12,14-17H2,(H,25,29)/t20-,21?/m0/s1. The zero-order chi connectivity index (χ0) is 22.1. The number of carbonyl (C=O) groups excluding carboxylic acids is 1. The third kappa shape index (κ3) is 3.93. The number of carbonyl (C=O) groups is 1. The van der Waals surface area contributed by atoms with Crippen LogP contribution in [0.5, 0.6) is 0 Å². The van der Waals surface area contributed by atoms with Crippen molar-refractivity contribution in [3.8, 4) is 0 Å². The third-order valence-electron chi connectivity index (χ3n) is 6.68. The highest BCUT2D eigenvalue weighted by Crippen LogP contribution is 2.31. The molecule has 32 heavy (non-hydrogen) atoms. The molecule has 3 heterocycles. The van der Waals surface area contributed by atoms with Crippen LogP contribution in [-0.2, 0) is 14.8 Å². The Kier molecular flexibility index (Phi) is 5.73. The Bertz CT molecular complexity index is 1130. The van der Waals surface area contributed by atoms with Gasteiger partial charge in [0.15, 0.2) is 5.84 Å². The van der Waals surface area contributed by atoms with Crippen LogP contribution in [0.25, 0.3) is 0 Å². The molecule has 2 aromatic carbocycles. The number of sulfonamides is 1. The molecule has 0 spiro atoms. The van der Waals surface area contributed by atoms with Crippen molar-refractivity contribution >= 4 is 21.8 Å². The normalized spacial score (nSPS) is 23.1. The van der Waals surface area contributed by atoms with Gasteiger partial charge in [-0.25, -0.2) is 0 Å². The summed E-state index contributed by atoms with van der Waals surface area (Å²) in [6.07, 6.45) is 3.88. The zero-order valence-electron chi connectivity index (χ0n) is 18.0. The maximum Gasteiger partial charge on any atom is 0.285 e. The molecule has 0 radical (unpaired) electrons. The van der Waals surface area contributed by atoms with Gasteiger partial charge < -0.3 is 10.2 Å². The Morgan fingerprint density at radius 1 is 1.00 bits per heavy atom. The van der Waals surface area contributed by atoms with Gasteiger partial charge in [-0.3, -0.25) is 9.69 Å². The second kappa shape index (κ2) is 8.67. The van der Waals surface area contributed by atoms with Crippen LogP contribution in [0.15, 0.2) is 63.9 Å². The Morgan fingerprint density at radius 2 is 1.72 bits per heavy atom. The lowest BCUT2D eigenvalue weighted by Gasteiger charge is -2.30. The second-order valence-electron chi connectivity index (χ2n) is 8.65. The maximum absolute atomic E-state index is 13.3. The zero-order valence-corrected chi connectivity index (χ0v) is 18.8. The predicted octanol–water partition coefficient (Wildman–Crippen LogP) is 2.55. The van der Waals surface area contributed by atoms with Crippen molar-refractivity contribution in [1.82, 2.24) is 15.1 Å². The molecule has 1 unspecified atom stereocenters. The number of likely N-dealkylation sites (tertiary alicyclic amines) is 2. The molecular weight excluding hydrogens is 424 g/mol. The van der Waals surface area contributed by atoms with E-state index in [0.717, 1.165) is 19.5 Å². The highest BCUT2D eigenvalue weighted by atomic mass is 32.2. The lowest BCUT2D eigenvalue weighted by atomic mass is 10.1. The van der Waals surface area contributed by atoms with Crippen molar-refractivity contribution in [1.29, 1.82) is 0 Å². The summed E-state index contributed by atoms with van der Waals surface area (Å²) < 4.78 is 29.0. The predicted molar refractivity (Wildman–Crippen MR) is 123 cm³/mol. The lowest BCUT2D eigenvalue weighted by molar-refractivity contribution is -0.124. The molecule has 3 aliphatic heterocycles. The third-order valence-corrected chi connectivity index (χ3v) is 8.00. The van der Waals surface area contributed by atoms with E-state index >= 15 is 0 Å². The minimum absolute atomic E-state index is 0.0629. The van der Waals surface area contributed by atoms with Crippen LogP contribution in [0.4, 0.5) is 0 Å². The molecule has 0 aromatic heterocycles. The van der Waals surface area contributed by atoms with E-state index in [-0.39, 0.29) is 16.8 Å². The Labute approximate surface area is 189 Å². The fraction of sp³-hybridized carbons (Fsp3) is 0.417. The minimum atomic E-state index is -3.71. The number of fused-ring (bicyclic) bond motifs is 1. The molecule has 1 amide bonds. The van der Waals surface area contributed by atoms with Crippen LogP contribution >= 0.6 is 0 Å². The molecule has 1 N–H and O–H groups in total. The van der Waals surface area contributed by atoms with E-state index in [9.17, 15) is 13.2 Å². The van der Waals surface area contributed by atoms with E-state index in [1.165, 1.54) is 18.4 Å². The summed E-state index contributed by atoms with van der Waals surface area (Å²) in [6.45, 7) is 3.23. The molecule has 2 aromatic rings. The van der Waals surface area contributed by atoms with Crippen LogP contribution in [-0.4, -0.2) is 62.2 Å². The molecule has 5 rings (SSSR count). The molecule has 0 aliphatic carbocycles. The quantitative estimate of drug-likeness (QED) is 0.754. The number of nitrogens with one attached hydrogen (secondary N) is 1. The van der Waals surface area contributed by atoms with Gasteiger partial charge >= 0.3 is 0 Å². The average Bonchev–Trinajstić information content (AvgIpc) is 3.55. The number of amides is 1. The largest absolute Gasteiger partial charge is 0.352 e. The van der Waals surface area contributed by atoms with Crippen LogP contribution in [0.3, 0.4) is 0 Å². The molecule has 8 heteroatoms. The van der Waals surface area contributed by atoms with Crippen LogP contribution in [0, 0.1) is 0 Å². The fourth-order valence-electron chi connectivity index (χ4n) is 5.09. The van der Waals surface area contributed by atoms with Crippen LogP contribution in [0.2, 0.25) is 0 Å². The van der Waals surface area contributed by atoms with E-state index in [1.807, 2.05) is 23.1 Å². The Hall–Kier alpha value is -2.71. The van der Waals surface area contributed by atoms with Gasteiger partial charge in [0.2, 0.25) is 5.91 Å². The molecule has 0 saturated carbocycles. The number of benzene rings is 2. The average molecular weight is 453 g/mol. The fourth-order valence-corrected chi connectivity index (χ4v) is 6.31. The van der Waals surface area contributed by atoms with Gasteiger partial charge in [0.1, 0.15) is 10.9 Å². The molecule has 0 bridgehead atoms. The highest BCUT2D eigenvalue weighted by Gasteiger charge is 2.39. The van der Waals surface area contributed by atoms with Crippen molar-refractivity contribution in [3.05, 3.63) is 65.7 Å². The number of rotatable bonds is 5. The maximum atomic E-state index is 13.3. The SMILES string of the molecule is O=C(NCC(c1ccccc1)N1CCCC1)[C@@H]1CCCN1C1=NS(=O)(=O)c2ccccc21. The molecular formula is C24H28N4O3S. The van der Waals surface area contributed by atoms with Gasteiger partial charge in [0, 0.05) is 18.7 Å². The van der Waals surface area contributed by atoms with E-state index in [1.54, 1.807) is 24.3 Å². The van der Waals surface area contributed by atoms with Gasteiger partial charge in [0.05, 0.1) is 6.04 Å². The molecule has 2 saturated heterocycles. The smallest absolute Gasteiger partial charge is 0.285 e. The first-order valence-electron chi connectivity index (χ1n) is 11.3. The summed E-state index contributed by atoms with van der Waals surface area (Å²) in [6, 6.07) is 16.9. The van der Waals surface area contributed by atoms with Crippen molar-refractivity contribution in [2.45, 2.75) is 42.7 Å². The van der Waals surface area contributed by atoms with Crippen molar-refractivity contribution in [3.63, 3.8) is 0 Å². The van der Waals surface area contributed by atoms with Crippen molar-refractivity contribution in [2.24, 2.45) is 4.40 Å². The summed E-state index contributed by atoms with van der Waals surface area (Å²) in [5.74, 6) is 0.338. The number of hydrogen-bond acceptors (Lipinski definition) is 5. The molecule has 7 nitrogen and oxygen atoms in total. The Morgan fingerprint density at radius 3 is 2.50 bits per heavy atom. The molecule has 2 atom stereocenters. The topological polar surface area (TPSA) is 82.1 Å². The summed E-state index contributed by atoms with van der Waals surface area (Å²) in [5.41, 5.74) is 1.80. The summed E-state index contributed by atoms with van der Waals surface area (Å²) in [4.78, 5) is 17.8. The van der Waals surface area contributed by atoms with E-state index < -0.39 is 16.1 Å². The second-order valence-corrected chi connectivity index (χ2v) is 10.2. The summed E-state index contributed by atoms with van der Waals surface area (Å²) in [5, 5.41) is 3.17.